The largest absolute Gasteiger partial charge is 0.534 e. The molecule has 164 valence electrons. The summed E-state index contributed by atoms with van der Waals surface area (Å²) in [6.07, 6.45) is 4.44. The number of aryl methyl sites for hydroxylation is 1. The van der Waals surface area contributed by atoms with Gasteiger partial charge in [0.15, 0.2) is 5.78 Å². The van der Waals surface area contributed by atoms with E-state index in [1.807, 2.05) is 12.2 Å². The van der Waals surface area contributed by atoms with Crippen LogP contribution in [0.5, 0.6) is 5.75 Å². The molecule has 5 nitrogen and oxygen atoms in total. The third kappa shape index (κ3) is 3.31. The Morgan fingerprint density at radius 2 is 1.94 bits per heavy atom. The maximum absolute atomic E-state index is 13.4. The number of aliphatic imine (C=N–C) groups is 1. The van der Waals surface area contributed by atoms with Crippen molar-refractivity contribution in [2.75, 3.05) is 0 Å². The molecule has 10 heteroatoms. The van der Waals surface area contributed by atoms with Gasteiger partial charge in [-0.05, 0) is 47.8 Å². The third-order valence-corrected chi connectivity index (χ3v) is 7.18. The number of carbonyl (C=O) groups is 1. The molecule has 1 heterocycles. The van der Waals surface area contributed by atoms with Crippen LogP contribution in [0.1, 0.15) is 48.7 Å². The third-order valence-electron chi connectivity index (χ3n) is 5.66. The van der Waals surface area contributed by atoms with E-state index in [4.69, 9.17) is 0 Å². The summed E-state index contributed by atoms with van der Waals surface area (Å²) in [6, 6.07) is 2.66. The molecule has 0 amide bonds. The van der Waals surface area contributed by atoms with Gasteiger partial charge < -0.3 is 4.18 Å². The zero-order valence-corrected chi connectivity index (χ0v) is 19.1. The number of carbonyl (C=O) groups excluding carboxylic acids is 1. The van der Waals surface area contributed by atoms with Crippen LogP contribution >= 0.6 is 15.9 Å². The number of fused-ring (bicyclic) bond motifs is 3. The van der Waals surface area contributed by atoms with Crippen molar-refractivity contribution in [1.29, 1.82) is 0 Å². The molecule has 0 aromatic heterocycles. The topological polar surface area (TPSA) is 72.8 Å². The van der Waals surface area contributed by atoms with E-state index in [0.29, 0.717) is 34.5 Å². The summed E-state index contributed by atoms with van der Waals surface area (Å²) < 4.78 is 67.2. The van der Waals surface area contributed by atoms with E-state index in [1.54, 1.807) is 20.8 Å². The van der Waals surface area contributed by atoms with Crippen LogP contribution < -0.4 is 4.18 Å². The number of alkyl halides is 3. The molecule has 0 saturated heterocycles. The average molecular weight is 516 g/mol. The minimum absolute atomic E-state index is 0.178. The lowest BCUT2D eigenvalue weighted by Gasteiger charge is -2.34. The molecule has 4 rings (SSSR count). The average Bonchev–Trinajstić information content (AvgIpc) is 3.04. The van der Waals surface area contributed by atoms with Gasteiger partial charge in [-0.2, -0.15) is 21.6 Å². The Morgan fingerprint density at radius 3 is 2.55 bits per heavy atom. The first kappa shape index (κ1) is 22.0. The van der Waals surface area contributed by atoms with Gasteiger partial charge in [-0.3, -0.25) is 9.79 Å². The Labute approximate surface area is 185 Å². The van der Waals surface area contributed by atoms with Gasteiger partial charge in [0.1, 0.15) is 5.75 Å². The van der Waals surface area contributed by atoms with Gasteiger partial charge in [-0.25, -0.2) is 0 Å². The number of rotatable bonds is 3. The Balaban J connectivity index is 1.92. The number of hydrogen-bond donors (Lipinski definition) is 0. The number of nitrogens with zero attached hydrogens (tertiary/aromatic N) is 1. The zero-order chi connectivity index (χ0) is 22.9. The minimum atomic E-state index is -5.85. The highest BCUT2D eigenvalue weighted by atomic mass is 79.9. The molecular formula is C21H17BrF3NO4S. The summed E-state index contributed by atoms with van der Waals surface area (Å²) >= 11 is 3.41. The Bertz CT molecular complexity index is 1270. The fraction of sp³-hybridized carbons (Fsp3) is 0.333. The molecular weight excluding hydrogens is 499 g/mol. The highest BCUT2D eigenvalue weighted by molar-refractivity contribution is 9.11. The number of ketones is 1. The van der Waals surface area contributed by atoms with Crippen LogP contribution in [-0.4, -0.2) is 25.4 Å². The molecule has 0 saturated carbocycles. The van der Waals surface area contributed by atoms with Gasteiger partial charge in [0.05, 0.1) is 17.0 Å². The van der Waals surface area contributed by atoms with E-state index < -0.39 is 26.8 Å². The summed E-state index contributed by atoms with van der Waals surface area (Å²) in [5.74, 6) is -0.715. The first-order chi connectivity index (χ1) is 14.3. The van der Waals surface area contributed by atoms with E-state index >= 15 is 0 Å². The van der Waals surface area contributed by atoms with Crippen LogP contribution in [0.4, 0.5) is 13.2 Å². The predicted octanol–water partition coefficient (Wildman–Crippen LogP) is 5.27. The monoisotopic (exact) mass is 515 g/mol. The van der Waals surface area contributed by atoms with Crippen molar-refractivity contribution >= 4 is 37.5 Å². The van der Waals surface area contributed by atoms with E-state index in [0.717, 1.165) is 10.1 Å². The molecule has 0 spiro atoms. The van der Waals surface area contributed by atoms with Gasteiger partial charge in [0.25, 0.3) is 0 Å². The van der Waals surface area contributed by atoms with Gasteiger partial charge in [-0.15, -0.1) is 0 Å². The lowest BCUT2D eigenvalue weighted by Crippen LogP contribution is -2.39. The molecule has 0 fully saturated rings. The van der Waals surface area contributed by atoms with Crippen molar-refractivity contribution in [2.45, 2.75) is 44.5 Å². The van der Waals surface area contributed by atoms with Crippen molar-refractivity contribution in [3.8, 4) is 5.75 Å². The zero-order valence-electron chi connectivity index (χ0n) is 16.7. The SMILES string of the molecule is CCc1cc2c(cc1OS(=O)(=O)C(F)(F)F)C(C)(C)C1=NC3=CC(Br)=CCC3=C1C2=O. The summed E-state index contributed by atoms with van der Waals surface area (Å²) in [5.41, 5.74) is -3.06. The van der Waals surface area contributed by atoms with Gasteiger partial charge >= 0.3 is 15.6 Å². The Hall–Kier alpha value is -2.20. The fourth-order valence-corrected chi connectivity index (χ4v) is 4.90. The quantitative estimate of drug-likeness (QED) is 0.406. The van der Waals surface area contributed by atoms with Gasteiger partial charge in [-0.1, -0.05) is 42.8 Å². The lowest BCUT2D eigenvalue weighted by molar-refractivity contribution is -0.0500. The standard InChI is InChI=1S/C21H17BrF3NO4S/c1-4-10-7-13-14(9-16(10)30-31(28,29)21(23,24)25)20(2,3)19-17(18(13)27)12-6-5-11(22)8-15(12)26-19/h5,7-9H,4,6H2,1-3H3. The number of benzene rings is 1. The van der Waals surface area contributed by atoms with E-state index in [2.05, 4.69) is 25.1 Å². The number of halogens is 4. The second-order valence-electron chi connectivity index (χ2n) is 7.93. The molecule has 0 bridgehead atoms. The van der Waals surface area contributed by atoms with Crippen LogP contribution in [0.3, 0.4) is 0 Å². The van der Waals surface area contributed by atoms with E-state index in [9.17, 15) is 26.4 Å². The molecule has 1 aromatic carbocycles. The van der Waals surface area contributed by atoms with Crippen molar-refractivity contribution in [3.05, 3.63) is 62.3 Å². The smallest absolute Gasteiger partial charge is 0.376 e. The molecule has 0 radical (unpaired) electrons. The Kier molecular flexibility index (Phi) is 4.90. The van der Waals surface area contributed by atoms with Crippen LogP contribution in [0.2, 0.25) is 0 Å². The van der Waals surface area contributed by atoms with Gasteiger partial charge in [0.2, 0.25) is 0 Å². The van der Waals surface area contributed by atoms with Gasteiger partial charge in [0, 0.05) is 15.5 Å². The Morgan fingerprint density at radius 1 is 1.26 bits per heavy atom. The highest BCUT2D eigenvalue weighted by Crippen LogP contribution is 2.47. The second kappa shape index (κ2) is 6.90. The van der Waals surface area contributed by atoms with Crippen molar-refractivity contribution in [2.24, 2.45) is 4.99 Å². The van der Waals surface area contributed by atoms with Crippen LogP contribution in [0.15, 0.2) is 50.6 Å². The molecule has 1 aromatic rings. The number of hydrogen-bond acceptors (Lipinski definition) is 5. The van der Waals surface area contributed by atoms with E-state index in [-0.39, 0.29) is 17.8 Å². The van der Waals surface area contributed by atoms with Crippen LogP contribution in [-0.2, 0) is 22.0 Å². The predicted molar refractivity (Wildman–Crippen MR) is 113 cm³/mol. The second-order valence-corrected chi connectivity index (χ2v) is 10.4. The lowest BCUT2D eigenvalue weighted by atomic mass is 9.67. The van der Waals surface area contributed by atoms with Crippen molar-refractivity contribution < 1.29 is 30.6 Å². The fourth-order valence-electron chi connectivity index (χ4n) is 4.04. The number of allylic oxidation sites excluding steroid dienone is 5. The molecule has 1 aliphatic heterocycles. The number of Topliss-reactive ketones (excluding diaryl/α,β-unsaturated/α-hetero) is 1. The first-order valence-electron chi connectivity index (χ1n) is 9.41. The highest BCUT2D eigenvalue weighted by Gasteiger charge is 2.50. The maximum atomic E-state index is 13.4. The summed E-state index contributed by atoms with van der Waals surface area (Å²) in [5, 5.41) is 0. The van der Waals surface area contributed by atoms with Crippen LogP contribution in [0.25, 0.3) is 0 Å². The molecule has 0 N–H and O–H groups in total. The normalized spacial score (nSPS) is 19.8. The minimum Gasteiger partial charge on any atom is -0.376 e. The molecule has 2 aliphatic carbocycles. The van der Waals surface area contributed by atoms with Crippen LogP contribution in [0, 0.1) is 0 Å². The van der Waals surface area contributed by atoms with E-state index in [1.165, 1.54) is 12.1 Å². The summed E-state index contributed by atoms with van der Waals surface area (Å²) in [7, 11) is -5.85. The molecule has 31 heavy (non-hydrogen) atoms. The van der Waals surface area contributed by atoms with Crippen molar-refractivity contribution in [1.82, 2.24) is 0 Å². The molecule has 0 unspecified atom stereocenters. The maximum Gasteiger partial charge on any atom is 0.534 e. The first-order valence-corrected chi connectivity index (χ1v) is 11.6. The molecule has 3 aliphatic rings. The summed E-state index contributed by atoms with van der Waals surface area (Å²) in [6.45, 7) is 5.24. The van der Waals surface area contributed by atoms with Crippen molar-refractivity contribution in [3.63, 3.8) is 0 Å². The molecule has 0 atom stereocenters. The summed E-state index contributed by atoms with van der Waals surface area (Å²) in [4.78, 5) is 18.1.